The molecule has 0 aromatic heterocycles. The molecule has 4 amide bonds. The van der Waals surface area contributed by atoms with Gasteiger partial charge in [-0.25, -0.2) is 0 Å². The number of ether oxygens (including phenoxy) is 8. The van der Waals surface area contributed by atoms with Crippen molar-refractivity contribution in [1.82, 2.24) is 19.6 Å². The fourth-order valence-electron chi connectivity index (χ4n) is 7.42. The van der Waals surface area contributed by atoms with Crippen molar-refractivity contribution < 1.29 is 57.1 Å². The van der Waals surface area contributed by atoms with Crippen LogP contribution in [0.5, 0.6) is 0 Å². The van der Waals surface area contributed by atoms with Crippen molar-refractivity contribution in [2.24, 2.45) is 0 Å². The molecule has 0 bridgehead atoms. The maximum absolute atomic E-state index is 12.5. The van der Waals surface area contributed by atoms with Gasteiger partial charge in [-0.1, -0.05) is 70.8 Å². The van der Waals surface area contributed by atoms with Gasteiger partial charge in [0.2, 0.25) is 0 Å². The summed E-state index contributed by atoms with van der Waals surface area (Å²) in [5, 5.41) is 0. The van der Waals surface area contributed by atoms with E-state index >= 15 is 0 Å². The largest absolute Gasteiger partial charge is 0.383 e. The van der Waals surface area contributed by atoms with Crippen molar-refractivity contribution in [3.63, 3.8) is 0 Å². The van der Waals surface area contributed by atoms with E-state index in [1.165, 1.54) is 0 Å². The molecule has 76 heavy (non-hydrogen) atoms. The van der Waals surface area contributed by atoms with E-state index in [1.54, 1.807) is 76.5 Å². The highest BCUT2D eigenvalue weighted by Gasteiger charge is 2.21. The lowest BCUT2D eigenvalue weighted by atomic mass is 10.0. The average molecular weight is 1060 g/mol. The lowest BCUT2D eigenvalue weighted by Gasteiger charge is -2.23. The molecule has 16 heteroatoms. The molecule has 0 fully saturated rings. The molecule has 0 saturated heterocycles. The van der Waals surface area contributed by atoms with E-state index in [4.69, 9.17) is 37.9 Å². The topological polar surface area (TPSA) is 155 Å². The van der Waals surface area contributed by atoms with Gasteiger partial charge < -0.3 is 57.5 Å². The van der Waals surface area contributed by atoms with E-state index < -0.39 is 0 Å². The van der Waals surface area contributed by atoms with Gasteiger partial charge in [-0.15, -0.1) is 0 Å². The summed E-state index contributed by atoms with van der Waals surface area (Å²) >= 11 is 0. The second-order valence-electron chi connectivity index (χ2n) is 18.4. The monoisotopic (exact) mass is 1060 g/mol. The van der Waals surface area contributed by atoms with Crippen LogP contribution in [0.15, 0.2) is 72.8 Å². The van der Waals surface area contributed by atoms with Crippen molar-refractivity contribution in [2.45, 2.75) is 55.4 Å². The number of amides is 4. The minimum absolute atomic E-state index is 0.0373. The minimum Gasteiger partial charge on any atom is -0.383 e. The smallest absolute Gasteiger partial charge is 0.254 e. The number of hydrogen-bond donors (Lipinski definition) is 0. The van der Waals surface area contributed by atoms with Crippen LogP contribution in [-0.4, -0.2) is 205 Å². The van der Waals surface area contributed by atoms with Crippen LogP contribution in [0.3, 0.4) is 0 Å². The third-order valence-corrected chi connectivity index (χ3v) is 12.2. The van der Waals surface area contributed by atoms with Gasteiger partial charge >= 0.3 is 0 Å². The van der Waals surface area contributed by atoms with Crippen molar-refractivity contribution in [3.8, 4) is 0 Å². The Morgan fingerprint density at radius 3 is 0.553 bits per heavy atom. The highest BCUT2D eigenvalue weighted by molar-refractivity contribution is 5.97. The molecule has 424 valence electrons. The number of carbonyl (C=O) groups is 4. The first-order chi connectivity index (χ1) is 36.4. The number of carbonyl (C=O) groups excluding carboxylic acids is 4. The summed E-state index contributed by atoms with van der Waals surface area (Å²) in [4.78, 5) is 57.3. The maximum atomic E-state index is 12.5. The molecule has 4 aromatic rings. The van der Waals surface area contributed by atoms with Gasteiger partial charge in [0.25, 0.3) is 23.6 Å². The summed E-state index contributed by atoms with van der Waals surface area (Å²) in [6.45, 7) is 24.6. The first-order valence-electron chi connectivity index (χ1n) is 25.8. The molecule has 4 rings (SSSR count). The van der Waals surface area contributed by atoms with Gasteiger partial charge in [0.15, 0.2) is 0 Å². The number of methoxy groups -OCH3 is 8. The molecule has 16 nitrogen and oxygen atoms in total. The second-order valence-corrected chi connectivity index (χ2v) is 18.4. The normalized spacial score (nSPS) is 10.5. The Hall–Kier alpha value is -5.56. The Bertz CT molecular complexity index is 1960. The Kier molecular flexibility index (Phi) is 35.8. The molecule has 0 heterocycles. The van der Waals surface area contributed by atoms with Crippen molar-refractivity contribution in [1.29, 1.82) is 0 Å². The van der Waals surface area contributed by atoms with E-state index in [0.29, 0.717) is 105 Å². The summed E-state index contributed by atoms with van der Waals surface area (Å²) in [6.07, 6.45) is 0. The summed E-state index contributed by atoms with van der Waals surface area (Å²) < 4.78 is 40.5. The van der Waals surface area contributed by atoms with Crippen LogP contribution in [0, 0.1) is 55.4 Å². The summed E-state index contributed by atoms with van der Waals surface area (Å²) in [5.41, 5.74) is 11.4. The molecule has 0 spiro atoms. The fourth-order valence-corrected chi connectivity index (χ4v) is 7.42. The van der Waals surface area contributed by atoms with E-state index in [1.807, 2.05) is 128 Å². The predicted molar refractivity (Wildman–Crippen MR) is 302 cm³/mol. The zero-order valence-electron chi connectivity index (χ0n) is 48.9. The quantitative estimate of drug-likeness (QED) is 0.0539. The summed E-state index contributed by atoms with van der Waals surface area (Å²) in [6, 6.07) is 23.7. The summed E-state index contributed by atoms with van der Waals surface area (Å²) in [7, 11) is 13.1. The molecule has 0 aliphatic rings. The van der Waals surface area contributed by atoms with Crippen LogP contribution in [0.4, 0.5) is 0 Å². The van der Waals surface area contributed by atoms with Crippen LogP contribution in [-0.2, 0) is 37.9 Å². The first kappa shape index (κ1) is 68.5. The Labute approximate surface area is 455 Å². The fraction of sp³-hybridized carbons (Fsp3) is 0.533. The van der Waals surface area contributed by atoms with Crippen LogP contribution in [0.1, 0.15) is 85.9 Å². The van der Waals surface area contributed by atoms with Crippen molar-refractivity contribution >= 4 is 23.6 Å². The molecule has 0 aliphatic carbocycles. The van der Waals surface area contributed by atoms with Gasteiger partial charge in [-0.2, -0.15) is 0 Å². The number of hydrogen-bond acceptors (Lipinski definition) is 12. The Morgan fingerprint density at radius 1 is 0.276 bits per heavy atom. The highest BCUT2D eigenvalue weighted by atomic mass is 16.5. The van der Waals surface area contributed by atoms with Crippen LogP contribution in [0.25, 0.3) is 0 Å². The van der Waals surface area contributed by atoms with Gasteiger partial charge in [-0.3, -0.25) is 19.2 Å². The van der Waals surface area contributed by atoms with Crippen LogP contribution in [0.2, 0.25) is 0 Å². The van der Waals surface area contributed by atoms with Gasteiger partial charge in [-0.05, 0) is 102 Å². The van der Waals surface area contributed by atoms with E-state index in [9.17, 15) is 19.2 Å². The predicted octanol–water partition coefficient (Wildman–Crippen LogP) is 8.15. The third kappa shape index (κ3) is 25.5. The average Bonchev–Trinajstić information content (AvgIpc) is 3.41. The zero-order valence-corrected chi connectivity index (χ0v) is 48.9. The van der Waals surface area contributed by atoms with E-state index in [-0.39, 0.29) is 23.6 Å². The van der Waals surface area contributed by atoms with Gasteiger partial charge in [0.05, 0.1) is 52.9 Å². The van der Waals surface area contributed by atoms with Crippen molar-refractivity contribution in [3.05, 3.63) is 140 Å². The lowest BCUT2D eigenvalue weighted by molar-refractivity contribution is 0.0622. The number of benzene rings is 4. The van der Waals surface area contributed by atoms with Gasteiger partial charge in [0, 0.05) is 131 Å². The van der Waals surface area contributed by atoms with Crippen LogP contribution < -0.4 is 0 Å². The molecule has 0 unspecified atom stereocenters. The molecular weight excluding hydrogens is 969 g/mol. The SMILES string of the molecule is COCCN(CCOC)C(=O)c1cc(C)ccc1C.COCCN(CCOC)C(=O)c1cc(C)ccc1C.COCCN(CCOC)C(=O)c1cc(C)ccc1C.COCCN(CCOC)C(=O)c1cc(C)ccc1C. The Balaban J connectivity index is 0.000000507. The molecule has 4 aromatic carbocycles. The maximum Gasteiger partial charge on any atom is 0.254 e. The molecule has 0 saturated carbocycles. The molecular formula is C60H92N4O12. The number of nitrogens with zero attached hydrogens (tertiary/aromatic N) is 4. The Morgan fingerprint density at radius 2 is 0.421 bits per heavy atom. The highest BCUT2D eigenvalue weighted by Crippen LogP contribution is 2.17. The van der Waals surface area contributed by atoms with Crippen LogP contribution >= 0.6 is 0 Å². The third-order valence-electron chi connectivity index (χ3n) is 12.2. The standard InChI is InChI=1S/4C15H23NO3/c4*1-12-5-6-13(2)14(11-12)15(17)16(7-9-18-3)8-10-19-4/h4*5-6,11H,7-10H2,1-4H3. The molecule has 0 N–H and O–H groups in total. The van der Waals surface area contributed by atoms with E-state index in [0.717, 1.165) is 66.8 Å². The van der Waals surface area contributed by atoms with Gasteiger partial charge in [0.1, 0.15) is 0 Å². The first-order valence-corrected chi connectivity index (χ1v) is 25.8. The molecule has 0 aliphatic heterocycles. The lowest BCUT2D eigenvalue weighted by Crippen LogP contribution is -2.36. The van der Waals surface area contributed by atoms with E-state index in [2.05, 4.69) is 0 Å². The second kappa shape index (κ2) is 39.8. The molecule has 0 radical (unpaired) electrons. The van der Waals surface area contributed by atoms with Crippen molar-refractivity contribution in [2.75, 3.05) is 162 Å². The number of aryl methyl sites for hydroxylation is 8. The zero-order chi connectivity index (χ0) is 57.0. The summed E-state index contributed by atoms with van der Waals surface area (Å²) in [5.74, 6) is 0.149. The number of rotatable bonds is 28. The minimum atomic E-state index is 0.0373. The molecule has 0 atom stereocenters.